The summed E-state index contributed by atoms with van der Waals surface area (Å²) in [6, 6.07) is 4.59. The zero-order chi connectivity index (χ0) is 28.1. The molecular formula is C29H40NO7P. The van der Waals surface area contributed by atoms with Crippen molar-refractivity contribution in [2.45, 2.75) is 70.8 Å². The van der Waals surface area contributed by atoms with Crippen LogP contribution >= 0.6 is 7.82 Å². The van der Waals surface area contributed by atoms with E-state index in [4.69, 9.17) is 20.3 Å². The number of unbranched alkanes of at least 4 members (excludes halogenated alkanes) is 7. The third kappa shape index (κ3) is 18.3. The second-order valence-corrected chi connectivity index (χ2v) is 9.79. The van der Waals surface area contributed by atoms with Crippen LogP contribution in [0.4, 0.5) is 0 Å². The molecular weight excluding hydrogens is 505 g/mol. The second-order valence-electron chi connectivity index (χ2n) is 8.63. The van der Waals surface area contributed by atoms with Crippen molar-refractivity contribution in [3.63, 3.8) is 0 Å². The molecule has 0 heterocycles. The Balaban J connectivity index is 2.24. The largest absolute Gasteiger partial charge is 0.524 e. The molecule has 0 aliphatic heterocycles. The molecule has 4 N–H and O–H groups in total. The van der Waals surface area contributed by atoms with Crippen LogP contribution in [0.2, 0.25) is 0 Å². The van der Waals surface area contributed by atoms with E-state index in [0.29, 0.717) is 5.56 Å². The lowest BCUT2D eigenvalue weighted by molar-refractivity contribution is -0.157. The van der Waals surface area contributed by atoms with Crippen LogP contribution in [0.3, 0.4) is 0 Å². The predicted molar refractivity (Wildman–Crippen MR) is 150 cm³/mol. The van der Waals surface area contributed by atoms with Gasteiger partial charge in [-0.05, 0) is 37.0 Å². The van der Waals surface area contributed by atoms with Crippen molar-refractivity contribution in [3.8, 4) is 5.75 Å². The molecule has 0 aliphatic rings. The van der Waals surface area contributed by atoms with Crippen molar-refractivity contribution in [1.82, 2.24) is 0 Å². The van der Waals surface area contributed by atoms with E-state index in [0.717, 1.165) is 12.5 Å². The van der Waals surface area contributed by atoms with Crippen LogP contribution in [-0.2, 0) is 25.3 Å². The molecule has 0 aromatic heterocycles. The Morgan fingerprint density at radius 2 is 1.42 bits per heavy atom. The van der Waals surface area contributed by atoms with E-state index in [2.05, 4.69) is 17.5 Å². The van der Waals surface area contributed by atoms with Gasteiger partial charge in [0.25, 0.3) is 0 Å². The summed E-state index contributed by atoms with van der Waals surface area (Å²) < 4.78 is 20.0. The van der Waals surface area contributed by atoms with Crippen LogP contribution in [0.25, 0.3) is 0 Å². The van der Waals surface area contributed by atoms with Gasteiger partial charge in [-0.2, -0.15) is 0 Å². The summed E-state index contributed by atoms with van der Waals surface area (Å²) in [5.41, 5.74) is 6.39. The van der Waals surface area contributed by atoms with Crippen molar-refractivity contribution in [2.75, 3.05) is 0 Å². The fraction of sp³-hybridized carbons (Fsp3) is 0.379. The molecule has 8 nitrogen and oxygen atoms in total. The SMILES string of the molecule is CCCCCCCCCC=CC=CC=CC=CC=CC(=O)OC(=O)[C@@H](N)Cc1ccc(OP(=O)(O)O)cc1. The molecule has 208 valence electrons. The number of benzene rings is 1. The number of allylic oxidation sites excluding steroid dienone is 9. The molecule has 1 atom stereocenters. The summed E-state index contributed by atoms with van der Waals surface area (Å²) >= 11 is 0. The highest BCUT2D eigenvalue weighted by molar-refractivity contribution is 7.46. The Bertz CT molecular complexity index is 1020. The Morgan fingerprint density at radius 3 is 2.03 bits per heavy atom. The van der Waals surface area contributed by atoms with Gasteiger partial charge in [-0.1, -0.05) is 112 Å². The minimum atomic E-state index is -4.65. The van der Waals surface area contributed by atoms with E-state index >= 15 is 0 Å². The van der Waals surface area contributed by atoms with E-state index in [1.165, 1.54) is 75.3 Å². The standard InChI is InChI=1S/C29H40NO7P/c1-2-3-4-5-6-7-8-9-10-11-12-13-14-15-16-17-18-19-28(31)36-29(32)27(30)24-25-20-22-26(23-21-25)37-38(33,34)35/h10-23,27H,2-9,24,30H2,1H3,(H2,33,34,35)/t27-/m0/s1. The van der Waals surface area contributed by atoms with Gasteiger partial charge in [-0.3, -0.25) is 9.79 Å². The highest BCUT2D eigenvalue weighted by atomic mass is 31.2. The van der Waals surface area contributed by atoms with Gasteiger partial charge < -0.3 is 15.0 Å². The molecule has 1 aromatic rings. The molecule has 0 amide bonds. The molecule has 0 aliphatic carbocycles. The number of carbonyl (C=O) groups excluding carboxylic acids is 2. The molecule has 9 heteroatoms. The first kappa shape index (κ1) is 33.0. The lowest BCUT2D eigenvalue weighted by atomic mass is 10.1. The molecule has 0 saturated heterocycles. The average molecular weight is 546 g/mol. The van der Waals surface area contributed by atoms with Crippen LogP contribution in [-0.4, -0.2) is 27.8 Å². The Labute approximate surface area is 225 Å². The summed E-state index contributed by atoms with van der Waals surface area (Å²) in [6.07, 6.45) is 28.1. The summed E-state index contributed by atoms with van der Waals surface area (Å²) in [4.78, 5) is 41.4. The number of hydrogen-bond donors (Lipinski definition) is 3. The van der Waals surface area contributed by atoms with E-state index < -0.39 is 25.8 Å². The van der Waals surface area contributed by atoms with Gasteiger partial charge in [0, 0.05) is 6.08 Å². The topological polar surface area (TPSA) is 136 Å². The first-order valence-electron chi connectivity index (χ1n) is 12.9. The molecule has 0 unspecified atom stereocenters. The van der Waals surface area contributed by atoms with Crippen molar-refractivity contribution in [2.24, 2.45) is 5.73 Å². The van der Waals surface area contributed by atoms with Gasteiger partial charge in [0.05, 0.1) is 0 Å². The maximum absolute atomic E-state index is 12.0. The third-order valence-corrected chi connectivity index (χ3v) is 5.68. The number of hydrogen-bond acceptors (Lipinski definition) is 6. The number of ether oxygens (including phenoxy) is 1. The van der Waals surface area contributed by atoms with Crippen LogP contribution in [0.1, 0.15) is 63.9 Å². The molecule has 0 bridgehead atoms. The number of esters is 2. The monoisotopic (exact) mass is 545 g/mol. The van der Waals surface area contributed by atoms with Gasteiger partial charge in [0.1, 0.15) is 11.8 Å². The smallest absolute Gasteiger partial charge is 0.404 e. The minimum absolute atomic E-state index is 0.0246. The van der Waals surface area contributed by atoms with Crippen molar-refractivity contribution in [3.05, 3.63) is 90.6 Å². The number of rotatable bonds is 18. The van der Waals surface area contributed by atoms with Crippen LogP contribution < -0.4 is 10.3 Å². The van der Waals surface area contributed by atoms with Crippen LogP contribution in [0.15, 0.2) is 85.0 Å². The molecule has 0 fully saturated rings. The van der Waals surface area contributed by atoms with Gasteiger partial charge in [0.2, 0.25) is 0 Å². The van der Waals surface area contributed by atoms with E-state index in [1.54, 1.807) is 12.2 Å². The molecule has 1 aromatic carbocycles. The average Bonchev–Trinajstić information content (AvgIpc) is 2.86. The Morgan fingerprint density at radius 1 is 0.868 bits per heavy atom. The van der Waals surface area contributed by atoms with Crippen LogP contribution in [0.5, 0.6) is 5.75 Å². The normalized spacial score (nSPS) is 13.4. The molecule has 0 radical (unpaired) electrons. The molecule has 38 heavy (non-hydrogen) atoms. The highest BCUT2D eigenvalue weighted by Gasteiger charge is 2.19. The van der Waals surface area contributed by atoms with Crippen molar-refractivity contribution < 1.29 is 33.2 Å². The van der Waals surface area contributed by atoms with Crippen molar-refractivity contribution in [1.29, 1.82) is 0 Å². The van der Waals surface area contributed by atoms with Gasteiger partial charge in [-0.15, -0.1) is 0 Å². The molecule has 0 saturated carbocycles. The maximum atomic E-state index is 12.0. The lowest BCUT2D eigenvalue weighted by Crippen LogP contribution is -2.35. The Hall–Kier alpha value is -3.03. The number of phosphoric ester groups is 1. The second kappa shape index (κ2) is 20.0. The van der Waals surface area contributed by atoms with Gasteiger partial charge in [-0.25, -0.2) is 14.2 Å². The number of nitrogens with two attached hydrogens (primary N) is 1. The minimum Gasteiger partial charge on any atom is -0.404 e. The molecule has 1 rings (SSSR count). The van der Waals surface area contributed by atoms with E-state index in [9.17, 15) is 14.2 Å². The van der Waals surface area contributed by atoms with Crippen molar-refractivity contribution >= 4 is 19.8 Å². The maximum Gasteiger partial charge on any atom is 0.524 e. The summed E-state index contributed by atoms with van der Waals surface area (Å²) in [5, 5.41) is 0. The van der Waals surface area contributed by atoms with Gasteiger partial charge >= 0.3 is 19.8 Å². The first-order valence-corrected chi connectivity index (χ1v) is 14.4. The fourth-order valence-corrected chi connectivity index (χ4v) is 3.68. The summed E-state index contributed by atoms with van der Waals surface area (Å²) in [7, 11) is -4.65. The zero-order valence-electron chi connectivity index (χ0n) is 22.0. The predicted octanol–water partition coefficient (Wildman–Crippen LogP) is 6.02. The first-order chi connectivity index (χ1) is 18.2. The number of phosphoric acid groups is 1. The lowest BCUT2D eigenvalue weighted by Gasteiger charge is -2.11. The zero-order valence-corrected chi connectivity index (χ0v) is 22.9. The van der Waals surface area contributed by atoms with Gasteiger partial charge in [0.15, 0.2) is 0 Å². The van der Waals surface area contributed by atoms with E-state index in [-0.39, 0.29) is 12.2 Å². The fourth-order valence-electron chi connectivity index (χ4n) is 3.28. The highest BCUT2D eigenvalue weighted by Crippen LogP contribution is 2.37. The number of carbonyl (C=O) groups is 2. The Kier molecular flexibility index (Phi) is 17.4. The van der Waals surface area contributed by atoms with Crippen LogP contribution in [0, 0.1) is 0 Å². The van der Waals surface area contributed by atoms with E-state index in [1.807, 2.05) is 30.4 Å². The molecule has 0 spiro atoms. The quantitative estimate of drug-likeness (QED) is 0.0509. The third-order valence-electron chi connectivity index (χ3n) is 5.23. The summed E-state index contributed by atoms with van der Waals surface area (Å²) in [5.74, 6) is -1.75. The summed E-state index contributed by atoms with van der Waals surface area (Å²) in [6.45, 7) is 2.23.